The van der Waals surface area contributed by atoms with Gasteiger partial charge in [-0.25, -0.2) is 4.90 Å². The highest BCUT2D eigenvalue weighted by molar-refractivity contribution is 6.30. The molecule has 2 rings (SSSR count). The van der Waals surface area contributed by atoms with Gasteiger partial charge in [0.25, 0.3) is 11.8 Å². The summed E-state index contributed by atoms with van der Waals surface area (Å²) in [7, 11) is 3.87. The Balaban J connectivity index is 2.45. The van der Waals surface area contributed by atoms with Crippen LogP contribution in [0.4, 0.5) is 11.4 Å². The predicted molar refractivity (Wildman–Crippen MR) is 71.8 cm³/mol. The molecule has 0 radical (unpaired) electrons. The van der Waals surface area contributed by atoms with Crippen molar-refractivity contribution in [2.24, 2.45) is 0 Å². The van der Waals surface area contributed by atoms with Crippen LogP contribution in [-0.4, -0.2) is 25.9 Å². The first-order valence-electron chi connectivity index (χ1n) is 5.76. The average molecular weight is 244 g/mol. The molecule has 4 heteroatoms. The molecule has 0 aliphatic carbocycles. The summed E-state index contributed by atoms with van der Waals surface area (Å²) in [5, 5.41) is 0. The van der Waals surface area contributed by atoms with Gasteiger partial charge in [0.1, 0.15) is 0 Å². The number of rotatable bonds is 2. The lowest BCUT2D eigenvalue weighted by atomic mass is 10.1. The topological polar surface area (TPSA) is 40.6 Å². The molecule has 0 N–H and O–H groups in total. The van der Waals surface area contributed by atoms with Gasteiger partial charge in [-0.15, -0.1) is 0 Å². The summed E-state index contributed by atoms with van der Waals surface area (Å²) >= 11 is 0. The summed E-state index contributed by atoms with van der Waals surface area (Å²) in [4.78, 5) is 26.9. The molecule has 0 saturated carbocycles. The monoisotopic (exact) mass is 244 g/mol. The molecule has 1 heterocycles. The summed E-state index contributed by atoms with van der Waals surface area (Å²) in [5.74, 6) is -0.514. The van der Waals surface area contributed by atoms with Crippen molar-refractivity contribution in [3.05, 3.63) is 35.4 Å². The second-order valence-electron chi connectivity index (χ2n) is 4.67. The molecule has 0 saturated heterocycles. The molecule has 0 spiro atoms. The van der Waals surface area contributed by atoms with Gasteiger partial charge in [-0.2, -0.15) is 0 Å². The van der Waals surface area contributed by atoms with Gasteiger partial charge in [0.05, 0.1) is 5.69 Å². The zero-order chi connectivity index (χ0) is 13.4. The first kappa shape index (κ1) is 12.4. The zero-order valence-electron chi connectivity index (χ0n) is 11.0. The Kier molecular flexibility index (Phi) is 2.95. The second-order valence-corrected chi connectivity index (χ2v) is 4.67. The SMILES string of the molecule is CC1=CC(=O)N(c2ccc(C)c(N(C)C)c2)C1=O. The molecule has 4 nitrogen and oxygen atoms in total. The van der Waals surface area contributed by atoms with Crippen molar-refractivity contribution in [3.63, 3.8) is 0 Å². The van der Waals surface area contributed by atoms with Crippen molar-refractivity contribution in [2.75, 3.05) is 23.9 Å². The van der Waals surface area contributed by atoms with Crippen LogP contribution in [0.25, 0.3) is 0 Å². The van der Waals surface area contributed by atoms with E-state index < -0.39 is 0 Å². The fourth-order valence-corrected chi connectivity index (χ4v) is 2.05. The number of imide groups is 1. The Bertz CT molecular complexity index is 559. The van der Waals surface area contributed by atoms with Crippen molar-refractivity contribution in [2.45, 2.75) is 13.8 Å². The van der Waals surface area contributed by atoms with Crippen molar-refractivity contribution >= 4 is 23.2 Å². The number of benzene rings is 1. The summed E-state index contributed by atoms with van der Waals surface area (Å²) in [6, 6.07) is 5.57. The van der Waals surface area contributed by atoms with Gasteiger partial charge in [0.15, 0.2) is 0 Å². The Morgan fingerprint density at radius 2 is 1.78 bits per heavy atom. The summed E-state index contributed by atoms with van der Waals surface area (Å²) in [5.41, 5.74) is 3.20. The maximum absolute atomic E-state index is 11.9. The lowest BCUT2D eigenvalue weighted by molar-refractivity contribution is -0.120. The molecule has 0 atom stereocenters. The fraction of sp³-hybridized carbons (Fsp3) is 0.286. The highest BCUT2D eigenvalue weighted by atomic mass is 16.2. The zero-order valence-corrected chi connectivity index (χ0v) is 11.0. The van der Waals surface area contributed by atoms with Crippen LogP contribution >= 0.6 is 0 Å². The molecule has 1 aliphatic heterocycles. The number of aryl methyl sites for hydroxylation is 1. The number of hydrogen-bond donors (Lipinski definition) is 0. The predicted octanol–water partition coefficient (Wildman–Crippen LogP) is 1.88. The van der Waals surface area contributed by atoms with Crippen LogP contribution in [0.2, 0.25) is 0 Å². The van der Waals surface area contributed by atoms with Gasteiger partial charge in [-0.1, -0.05) is 6.07 Å². The highest BCUT2D eigenvalue weighted by Gasteiger charge is 2.29. The number of nitrogens with zero attached hydrogens (tertiary/aromatic N) is 2. The van der Waals surface area contributed by atoms with Gasteiger partial charge >= 0.3 is 0 Å². The minimum absolute atomic E-state index is 0.242. The van der Waals surface area contributed by atoms with E-state index in [1.165, 1.54) is 11.0 Å². The first-order chi connectivity index (χ1) is 8.41. The Morgan fingerprint density at radius 1 is 1.11 bits per heavy atom. The van der Waals surface area contributed by atoms with E-state index in [2.05, 4.69) is 0 Å². The van der Waals surface area contributed by atoms with E-state index in [4.69, 9.17) is 0 Å². The lowest BCUT2D eigenvalue weighted by Gasteiger charge is -2.20. The number of hydrogen-bond acceptors (Lipinski definition) is 3. The van der Waals surface area contributed by atoms with E-state index in [1.807, 2.05) is 38.1 Å². The van der Waals surface area contributed by atoms with Crippen LogP contribution < -0.4 is 9.80 Å². The van der Waals surface area contributed by atoms with Crippen LogP contribution in [0, 0.1) is 6.92 Å². The second kappa shape index (κ2) is 4.29. The number of anilines is 2. The molecule has 0 unspecified atom stereocenters. The molecule has 94 valence electrons. The standard InChI is InChI=1S/C14H16N2O2/c1-9-5-6-11(8-12(9)15(3)4)16-13(17)7-10(2)14(16)18/h5-8H,1-4H3. The summed E-state index contributed by atoms with van der Waals surface area (Å²) < 4.78 is 0. The molecule has 1 aliphatic rings. The quantitative estimate of drug-likeness (QED) is 0.746. The first-order valence-corrected chi connectivity index (χ1v) is 5.76. The van der Waals surface area contributed by atoms with Crippen LogP contribution in [0.3, 0.4) is 0 Å². The van der Waals surface area contributed by atoms with Crippen molar-refractivity contribution < 1.29 is 9.59 Å². The largest absolute Gasteiger partial charge is 0.377 e. The van der Waals surface area contributed by atoms with E-state index >= 15 is 0 Å². The van der Waals surface area contributed by atoms with E-state index in [0.29, 0.717) is 11.3 Å². The summed E-state index contributed by atoms with van der Waals surface area (Å²) in [6.07, 6.45) is 1.37. The van der Waals surface area contributed by atoms with Crippen molar-refractivity contribution in [1.29, 1.82) is 0 Å². The molecular weight excluding hydrogens is 228 g/mol. The Morgan fingerprint density at radius 3 is 2.28 bits per heavy atom. The van der Waals surface area contributed by atoms with Gasteiger partial charge in [0, 0.05) is 31.4 Å². The van der Waals surface area contributed by atoms with Gasteiger partial charge in [0.2, 0.25) is 0 Å². The smallest absolute Gasteiger partial charge is 0.261 e. The highest BCUT2D eigenvalue weighted by Crippen LogP contribution is 2.28. The van der Waals surface area contributed by atoms with Crippen molar-refractivity contribution in [1.82, 2.24) is 0 Å². The van der Waals surface area contributed by atoms with Crippen LogP contribution in [0.15, 0.2) is 29.8 Å². The van der Waals surface area contributed by atoms with Crippen LogP contribution in [-0.2, 0) is 9.59 Å². The Labute approximate surface area is 106 Å². The fourth-order valence-electron chi connectivity index (χ4n) is 2.05. The average Bonchev–Trinajstić information content (AvgIpc) is 2.54. The molecular formula is C14H16N2O2. The van der Waals surface area contributed by atoms with Gasteiger partial charge < -0.3 is 4.90 Å². The normalized spacial score (nSPS) is 15.1. The van der Waals surface area contributed by atoms with E-state index in [1.54, 1.807) is 13.0 Å². The van der Waals surface area contributed by atoms with Crippen LogP contribution in [0.1, 0.15) is 12.5 Å². The lowest BCUT2D eigenvalue weighted by Crippen LogP contribution is -2.30. The third kappa shape index (κ3) is 1.90. The number of amides is 2. The van der Waals surface area contributed by atoms with E-state index in [0.717, 1.165) is 11.3 Å². The van der Waals surface area contributed by atoms with Gasteiger partial charge in [-0.3, -0.25) is 9.59 Å². The molecule has 0 fully saturated rings. The maximum Gasteiger partial charge on any atom is 0.261 e. The number of carbonyl (C=O) groups excluding carboxylic acids is 2. The minimum Gasteiger partial charge on any atom is -0.377 e. The van der Waals surface area contributed by atoms with Crippen LogP contribution in [0.5, 0.6) is 0 Å². The summed E-state index contributed by atoms with van der Waals surface area (Å²) in [6.45, 7) is 3.65. The van der Waals surface area contributed by atoms with E-state index in [9.17, 15) is 9.59 Å². The van der Waals surface area contributed by atoms with E-state index in [-0.39, 0.29) is 11.8 Å². The molecule has 1 aromatic carbocycles. The van der Waals surface area contributed by atoms with Gasteiger partial charge in [-0.05, 0) is 31.5 Å². The number of carbonyl (C=O) groups is 2. The molecule has 0 bridgehead atoms. The minimum atomic E-state index is -0.272. The molecule has 0 aromatic heterocycles. The molecule has 18 heavy (non-hydrogen) atoms. The van der Waals surface area contributed by atoms with Crippen molar-refractivity contribution in [3.8, 4) is 0 Å². The molecule has 2 amide bonds. The third-order valence-corrected chi connectivity index (χ3v) is 3.03. The third-order valence-electron chi connectivity index (χ3n) is 3.03. The molecule has 1 aromatic rings. The maximum atomic E-state index is 11.9. The Hall–Kier alpha value is -2.10.